The van der Waals surface area contributed by atoms with Gasteiger partial charge in [-0.2, -0.15) is 0 Å². The molecule has 1 fully saturated rings. The van der Waals surface area contributed by atoms with Gasteiger partial charge in [-0.1, -0.05) is 34.8 Å². The van der Waals surface area contributed by atoms with E-state index in [0.29, 0.717) is 26.5 Å². The lowest BCUT2D eigenvalue weighted by atomic mass is 10.2. The van der Waals surface area contributed by atoms with Crippen LogP contribution in [-0.4, -0.2) is 45.7 Å². The minimum absolute atomic E-state index is 0.518. The number of fused-ring (bicyclic) bond motifs is 1. The second kappa shape index (κ2) is 8.04. The van der Waals surface area contributed by atoms with E-state index in [1.54, 1.807) is 18.5 Å². The number of anilines is 1. The van der Waals surface area contributed by atoms with Crippen LogP contribution in [0.1, 0.15) is 0 Å². The Labute approximate surface area is 188 Å². The first-order chi connectivity index (χ1) is 14.6. The SMILES string of the molecule is Clc1ccc(-n2c(-c3ccc(Cl)cc3Cl)nc3c(N4CCNCC4)ncnc32)cc1. The van der Waals surface area contributed by atoms with Crippen LogP contribution >= 0.6 is 34.8 Å². The maximum Gasteiger partial charge on any atom is 0.170 e. The number of benzene rings is 2. The number of rotatable bonds is 3. The number of hydrogen-bond donors (Lipinski definition) is 1. The molecule has 6 nitrogen and oxygen atoms in total. The van der Waals surface area contributed by atoms with Crippen molar-refractivity contribution in [1.82, 2.24) is 24.8 Å². The lowest BCUT2D eigenvalue weighted by molar-refractivity contribution is 0.586. The molecule has 2 aromatic heterocycles. The molecule has 30 heavy (non-hydrogen) atoms. The van der Waals surface area contributed by atoms with Gasteiger partial charge in [-0.25, -0.2) is 15.0 Å². The van der Waals surface area contributed by atoms with Gasteiger partial charge < -0.3 is 10.2 Å². The zero-order valence-corrected chi connectivity index (χ0v) is 18.1. The molecule has 1 aliphatic heterocycles. The van der Waals surface area contributed by atoms with Crippen molar-refractivity contribution in [2.45, 2.75) is 0 Å². The molecule has 0 radical (unpaired) electrons. The van der Waals surface area contributed by atoms with Gasteiger partial charge in [0.05, 0.1) is 5.02 Å². The normalized spacial score (nSPS) is 14.4. The Morgan fingerprint density at radius 2 is 1.60 bits per heavy atom. The van der Waals surface area contributed by atoms with E-state index in [-0.39, 0.29) is 0 Å². The third-order valence-electron chi connectivity index (χ3n) is 5.10. The highest BCUT2D eigenvalue weighted by molar-refractivity contribution is 6.36. The summed E-state index contributed by atoms with van der Waals surface area (Å²) in [6.45, 7) is 3.52. The fraction of sp³-hybridized carbons (Fsp3) is 0.190. The third kappa shape index (κ3) is 3.50. The van der Waals surface area contributed by atoms with Crippen molar-refractivity contribution in [1.29, 1.82) is 0 Å². The average Bonchev–Trinajstić information content (AvgIpc) is 3.14. The van der Waals surface area contributed by atoms with E-state index >= 15 is 0 Å². The number of piperazine rings is 1. The first-order valence-corrected chi connectivity index (χ1v) is 10.7. The molecule has 4 aromatic rings. The van der Waals surface area contributed by atoms with Crippen molar-refractivity contribution in [2.75, 3.05) is 31.1 Å². The second-order valence-corrected chi connectivity index (χ2v) is 8.26. The van der Waals surface area contributed by atoms with Crippen molar-refractivity contribution < 1.29 is 0 Å². The predicted octanol–water partition coefficient (Wildman–Crippen LogP) is 4.85. The summed E-state index contributed by atoms with van der Waals surface area (Å²) in [4.78, 5) is 16.3. The largest absolute Gasteiger partial charge is 0.352 e. The van der Waals surface area contributed by atoms with Crippen LogP contribution in [-0.2, 0) is 0 Å². The Hall–Kier alpha value is -2.38. The van der Waals surface area contributed by atoms with Crippen LogP contribution in [0.2, 0.25) is 15.1 Å². The van der Waals surface area contributed by atoms with E-state index in [4.69, 9.17) is 39.8 Å². The van der Waals surface area contributed by atoms with Crippen LogP contribution in [0.25, 0.3) is 28.2 Å². The molecule has 1 aliphatic rings. The molecule has 2 aromatic carbocycles. The maximum absolute atomic E-state index is 6.55. The maximum atomic E-state index is 6.55. The van der Waals surface area contributed by atoms with Crippen molar-refractivity contribution >= 4 is 51.8 Å². The van der Waals surface area contributed by atoms with Crippen LogP contribution in [0.5, 0.6) is 0 Å². The molecule has 0 saturated carbocycles. The summed E-state index contributed by atoms with van der Waals surface area (Å²) >= 11 is 18.8. The van der Waals surface area contributed by atoms with Crippen molar-refractivity contribution in [3.63, 3.8) is 0 Å². The first kappa shape index (κ1) is 19.6. The molecule has 0 spiro atoms. The number of nitrogens with zero attached hydrogens (tertiary/aromatic N) is 5. The number of hydrogen-bond acceptors (Lipinski definition) is 5. The highest BCUT2D eigenvalue weighted by atomic mass is 35.5. The quantitative estimate of drug-likeness (QED) is 0.474. The first-order valence-electron chi connectivity index (χ1n) is 9.52. The van der Waals surface area contributed by atoms with Crippen LogP contribution in [0.3, 0.4) is 0 Å². The molecule has 9 heteroatoms. The van der Waals surface area contributed by atoms with Crippen LogP contribution in [0.15, 0.2) is 48.8 Å². The van der Waals surface area contributed by atoms with Gasteiger partial charge in [-0.05, 0) is 42.5 Å². The Morgan fingerprint density at radius 1 is 0.867 bits per heavy atom. The Balaban J connectivity index is 1.78. The molecule has 0 bridgehead atoms. The van der Waals surface area contributed by atoms with E-state index < -0.39 is 0 Å². The van der Waals surface area contributed by atoms with Crippen molar-refractivity contribution in [3.05, 3.63) is 63.9 Å². The summed E-state index contributed by atoms with van der Waals surface area (Å²) in [6.07, 6.45) is 1.58. The lowest BCUT2D eigenvalue weighted by Crippen LogP contribution is -2.44. The fourth-order valence-electron chi connectivity index (χ4n) is 3.67. The van der Waals surface area contributed by atoms with E-state index in [2.05, 4.69) is 20.2 Å². The van der Waals surface area contributed by atoms with Crippen LogP contribution in [0, 0.1) is 0 Å². The van der Waals surface area contributed by atoms with E-state index in [1.165, 1.54) is 0 Å². The molecule has 3 heterocycles. The summed E-state index contributed by atoms with van der Waals surface area (Å²) < 4.78 is 1.98. The number of nitrogens with one attached hydrogen (secondary N) is 1. The van der Waals surface area contributed by atoms with Crippen molar-refractivity contribution in [3.8, 4) is 17.1 Å². The van der Waals surface area contributed by atoms with Gasteiger partial charge in [-0.15, -0.1) is 0 Å². The Morgan fingerprint density at radius 3 is 2.33 bits per heavy atom. The molecule has 0 atom stereocenters. The highest BCUT2D eigenvalue weighted by Gasteiger charge is 2.23. The van der Waals surface area contributed by atoms with E-state index in [9.17, 15) is 0 Å². The molecule has 1 N–H and O–H groups in total. The molecule has 0 unspecified atom stereocenters. The molecule has 0 aliphatic carbocycles. The summed E-state index contributed by atoms with van der Waals surface area (Å²) in [5.41, 5.74) is 3.09. The van der Waals surface area contributed by atoms with Gasteiger partial charge >= 0.3 is 0 Å². The fourth-order valence-corrected chi connectivity index (χ4v) is 4.29. The van der Waals surface area contributed by atoms with Crippen molar-refractivity contribution in [2.24, 2.45) is 0 Å². The molecular formula is C21H17Cl3N6. The van der Waals surface area contributed by atoms with Crippen LogP contribution in [0.4, 0.5) is 5.82 Å². The van der Waals surface area contributed by atoms with Gasteiger partial charge in [0.2, 0.25) is 0 Å². The van der Waals surface area contributed by atoms with Gasteiger partial charge in [0.1, 0.15) is 12.2 Å². The van der Waals surface area contributed by atoms with E-state index in [0.717, 1.165) is 48.8 Å². The van der Waals surface area contributed by atoms with Gasteiger partial charge in [0, 0.05) is 47.5 Å². The molecule has 152 valence electrons. The van der Waals surface area contributed by atoms with E-state index in [1.807, 2.05) is 34.9 Å². The van der Waals surface area contributed by atoms with Gasteiger partial charge in [-0.3, -0.25) is 4.57 Å². The lowest BCUT2D eigenvalue weighted by Gasteiger charge is -2.28. The number of aromatic nitrogens is 4. The minimum Gasteiger partial charge on any atom is -0.352 e. The zero-order valence-electron chi connectivity index (χ0n) is 15.8. The minimum atomic E-state index is 0.518. The Bertz CT molecular complexity index is 1220. The smallest absolute Gasteiger partial charge is 0.170 e. The molecule has 5 rings (SSSR count). The predicted molar refractivity (Wildman–Crippen MR) is 122 cm³/mol. The van der Waals surface area contributed by atoms with Gasteiger partial charge in [0.25, 0.3) is 0 Å². The topological polar surface area (TPSA) is 58.9 Å². The summed E-state index contributed by atoms with van der Waals surface area (Å²) in [5.74, 6) is 1.49. The number of imidazole rings is 1. The number of halogens is 3. The summed E-state index contributed by atoms with van der Waals surface area (Å²) in [6, 6.07) is 12.9. The average molecular weight is 460 g/mol. The second-order valence-electron chi connectivity index (χ2n) is 6.98. The summed E-state index contributed by atoms with van der Waals surface area (Å²) in [7, 11) is 0. The molecular weight excluding hydrogens is 443 g/mol. The van der Waals surface area contributed by atoms with Gasteiger partial charge in [0.15, 0.2) is 17.0 Å². The Kier molecular flexibility index (Phi) is 5.25. The highest BCUT2D eigenvalue weighted by Crippen LogP contribution is 2.35. The molecule has 0 amide bonds. The standard InChI is InChI=1S/C21H17Cl3N6/c22-13-1-4-15(5-2-13)30-19(16-6-3-14(23)11-17(16)24)28-18-20(26-12-27-21(18)30)29-9-7-25-8-10-29/h1-6,11-12,25H,7-10H2. The third-order valence-corrected chi connectivity index (χ3v) is 5.90. The monoisotopic (exact) mass is 458 g/mol. The zero-order chi connectivity index (χ0) is 20.7. The summed E-state index contributed by atoms with van der Waals surface area (Å²) in [5, 5.41) is 5.11. The molecule has 1 saturated heterocycles. The van der Waals surface area contributed by atoms with Crippen LogP contribution < -0.4 is 10.2 Å².